The minimum atomic E-state index is -1.29. The summed E-state index contributed by atoms with van der Waals surface area (Å²) in [5, 5.41) is 22.6. The molecular formula is C11H15N3O5. The van der Waals surface area contributed by atoms with E-state index < -0.39 is 16.4 Å². The first-order valence-corrected chi connectivity index (χ1v) is 5.41. The molecule has 1 heterocycles. The van der Waals surface area contributed by atoms with Crippen molar-refractivity contribution in [3.8, 4) is 0 Å². The number of ether oxygens (including phenoxy) is 1. The quantitative estimate of drug-likeness (QED) is 0.594. The maximum Gasteiger partial charge on any atom is 0.339 e. The fourth-order valence-corrected chi connectivity index (χ4v) is 1.53. The Kier molecular flexibility index (Phi) is 4.38. The molecule has 0 aliphatic rings. The highest BCUT2D eigenvalue weighted by molar-refractivity contribution is 5.93. The van der Waals surface area contributed by atoms with Crippen LogP contribution in [0.2, 0.25) is 0 Å². The maximum atomic E-state index is 11.1. The number of methoxy groups -OCH3 is 1. The van der Waals surface area contributed by atoms with E-state index in [9.17, 15) is 14.9 Å². The van der Waals surface area contributed by atoms with E-state index in [1.165, 1.54) is 7.11 Å². The molecule has 1 aromatic rings. The molecule has 104 valence electrons. The number of aromatic nitrogens is 1. The third kappa shape index (κ3) is 3.88. The van der Waals surface area contributed by atoms with Crippen LogP contribution in [0, 0.1) is 10.1 Å². The highest BCUT2D eigenvalue weighted by Crippen LogP contribution is 2.22. The minimum absolute atomic E-state index is 0.0696. The fraction of sp³-hybridized carbons (Fsp3) is 0.455. The maximum absolute atomic E-state index is 11.1. The lowest BCUT2D eigenvalue weighted by Crippen LogP contribution is -2.36. The number of hydrogen-bond donors (Lipinski definition) is 2. The molecule has 0 spiro atoms. The molecule has 0 saturated carbocycles. The summed E-state index contributed by atoms with van der Waals surface area (Å²) in [6.45, 7) is 3.92. The summed E-state index contributed by atoms with van der Waals surface area (Å²) < 4.78 is 5.00. The average Bonchev–Trinajstić information content (AvgIpc) is 2.27. The zero-order valence-electron chi connectivity index (χ0n) is 10.8. The van der Waals surface area contributed by atoms with Crippen LogP contribution in [0.1, 0.15) is 24.2 Å². The van der Waals surface area contributed by atoms with E-state index in [1.54, 1.807) is 13.8 Å². The van der Waals surface area contributed by atoms with Gasteiger partial charge in [-0.3, -0.25) is 10.1 Å². The third-order valence-electron chi connectivity index (χ3n) is 2.28. The van der Waals surface area contributed by atoms with Crippen molar-refractivity contribution in [1.29, 1.82) is 0 Å². The molecule has 8 heteroatoms. The van der Waals surface area contributed by atoms with Crippen LogP contribution in [0.25, 0.3) is 0 Å². The molecule has 19 heavy (non-hydrogen) atoms. The molecule has 2 N–H and O–H groups in total. The number of nitrogens with one attached hydrogen (secondary N) is 1. The molecule has 0 saturated heterocycles. The van der Waals surface area contributed by atoms with Gasteiger partial charge in [0.05, 0.1) is 17.1 Å². The van der Waals surface area contributed by atoms with E-state index in [2.05, 4.69) is 10.3 Å². The number of rotatable bonds is 6. The Hall–Kier alpha value is -2.22. The molecule has 1 aromatic heterocycles. The van der Waals surface area contributed by atoms with Crippen LogP contribution < -0.4 is 5.32 Å². The molecule has 0 bridgehead atoms. The van der Waals surface area contributed by atoms with Crippen molar-refractivity contribution >= 4 is 17.5 Å². The predicted molar refractivity (Wildman–Crippen MR) is 67.4 cm³/mol. The van der Waals surface area contributed by atoms with Gasteiger partial charge in [0, 0.05) is 13.2 Å². The summed E-state index contributed by atoms with van der Waals surface area (Å²) in [5.74, 6) is -1.22. The first-order chi connectivity index (χ1) is 8.76. The van der Waals surface area contributed by atoms with Crippen molar-refractivity contribution in [1.82, 2.24) is 4.98 Å². The van der Waals surface area contributed by atoms with Gasteiger partial charge in [0.25, 0.3) is 5.69 Å². The van der Waals surface area contributed by atoms with Crippen molar-refractivity contribution in [2.75, 3.05) is 19.0 Å². The van der Waals surface area contributed by atoms with E-state index in [4.69, 9.17) is 9.84 Å². The number of carboxylic acids is 1. The second-order valence-electron chi connectivity index (χ2n) is 4.59. The summed E-state index contributed by atoms with van der Waals surface area (Å²) in [4.78, 5) is 24.8. The highest BCUT2D eigenvalue weighted by Gasteiger charge is 2.23. The Morgan fingerprint density at radius 2 is 2.26 bits per heavy atom. The van der Waals surface area contributed by atoms with E-state index in [-0.39, 0.29) is 17.1 Å². The van der Waals surface area contributed by atoms with Gasteiger partial charge >= 0.3 is 5.97 Å². The Balaban J connectivity index is 3.14. The second kappa shape index (κ2) is 5.61. The van der Waals surface area contributed by atoms with Crippen LogP contribution in [-0.2, 0) is 4.74 Å². The van der Waals surface area contributed by atoms with E-state index in [1.807, 2.05) is 0 Å². The van der Waals surface area contributed by atoms with Crippen LogP contribution in [-0.4, -0.2) is 40.2 Å². The number of hydrogen-bond acceptors (Lipinski definition) is 6. The summed E-state index contributed by atoms with van der Waals surface area (Å²) in [6, 6.07) is 0.973. The number of pyridine rings is 1. The van der Waals surface area contributed by atoms with Gasteiger partial charge in [0.15, 0.2) is 0 Å². The first-order valence-electron chi connectivity index (χ1n) is 5.41. The number of aromatic carboxylic acids is 1. The molecule has 0 amide bonds. The van der Waals surface area contributed by atoms with E-state index >= 15 is 0 Å². The topological polar surface area (TPSA) is 115 Å². The summed E-state index contributed by atoms with van der Waals surface area (Å²) in [7, 11) is 1.52. The Bertz CT molecular complexity index is 501. The van der Waals surface area contributed by atoms with Crippen LogP contribution in [0.5, 0.6) is 0 Å². The molecule has 0 unspecified atom stereocenters. The van der Waals surface area contributed by atoms with Gasteiger partial charge in [0.2, 0.25) is 0 Å². The minimum Gasteiger partial charge on any atom is -0.478 e. The third-order valence-corrected chi connectivity index (χ3v) is 2.28. The van der Waals surface area contributed by atoms with Crippen LogP contribution >= 0.6 is 0 Å². The first kappa shape index (κ1) is 14.8. The molecule has 0 radical (unpaired) electrons. The number of carboxylic acid groups (broad SMARTS) is 1. The van der Waals surface area contributed by atoms with Crippen LogP contribution in [0.15, 0.2) is 12.3 Å². The SMILES string of the molecule is COCC(C)(C)Nc1ncc([N+](=O)[O-])cc1C(=O)O. The normalized spacial score (nSPS) is 11.1. The zero-order chi connectivity index (χ0) is 14.6. The number of anilines is 1. The molecule has 0 aliphatic carbocycles. The van der Waals surface area contributed by atoms with Gasteiger partial charge in [-0.15, -0.1) is 0 Å². The molecule has 0 aromatic carbocycles. The zero-order valence-corrected chi connectivity index (χ0v) is 10.8. The van der Waals surface area contributed by atoms with E-state index in [0.29, 0.717) is 6.61 Å². The van der Waals surface area contributed by atoms with Gasteiger partial charge in [-0.25, -0.2) is 9.78 Å². The van der Waals surface area contributed by atoms with Crippen LogP contribution in [0.4, 0.5) is 11.5 Å². The largest absolute Gasteiger partial charge is 0.478 e. The summed E-state index contributed by atoms with van der Waals surface area (Å²) in [6.07, 6.45) is 1.01. The Morgan fingerprint density at radius 1 is 1.63 bits per heavy atom. The van der Waals surface area contributed by atoms with Gasteiger partial charge < -0.3 is 15.2 Å². The standard InChI is InChI=1S/C11H15N3O5/c1-11(2,6-19-3)13-9-8(10(15)16)4-7(5-12-9)14(17)18/h4-5H,6H2,1-3H3,(H,12,13)(H,15,16). The van der Waals surface area contributed by atoms with Crippen molar-refractivity contribution in [3.05, 3.63) is 27.9 Å². The molecule has 0 aliphatic heterocycles. The molecule has 1 rings (SSSR count). The Labute approximate surface area is 109 Å². The molecule has 8 nitrogen and oxygen atoms in total. The molecule has 0 atom stereocenters. The molecular weight excluding hydrogens is 254 g/mol. The lowest BCUT2D eigenvalue weighted by molar-refractivity contribution is -0.385. The van der Waals surface area contributed by atoms with Crippen molar-refractivity contribution < 1.29 is 19.6 Å². The summed E-state index contributed by atoms with van der Waals surface area (Å²) >= 11 is 0. The Morgan fingerprint density at radius 3 is 2.74 bits per heavy atom. The predicted octanol–water partition coefficient (Wildman–Crippen LogP) is 1.52. The van der Waals surface area contributed by atoms with Crippen molar-refractivity contribution in [2.24, 2.45) is 0 Å². The molecule has 0 fully saturated rings. The van der Waals surface area contributed by atoms with E-state index in [0.717, 1.165) is 12.3 Å². The van der Waals surface area contributed by atoms with Gasteiger partial charge in [-0.05, 0) is 13.8 Å². The van der Waals surface area contributed by atoms with Gasteiger partial charge in [-0.2, -0.15) is 0 Å². The second-order valence-corrected chi connectivity index (χ2v) is 4.59. The number of carbonyl (C=O) groups is 1. The van der Waals surface area contributed by atoms with Crippen molar-refractivity contribution in [2.45, 2.75) is 19.4 Å². The highest BCUT2D eigenvalue weighted by atomic mass is 16.6. The van der Waals surface area contributed by atoms with Crippen molar-refractivity contribution in [3.63, 3.8) is 0 Å². The van der Waals surface area contributed by atoms with Gasteiger partial charge in [0.1, 0.15) is 17.6 Å². The van der Waals surface area contributed by atoms with Gasteiger partial charge in [-0.1, -0.05) is 0 Å². The lowest BCUT2D eigenvalue weighted by Gasteiger charge is -2.26. The smallest absolute Gasteiger partial charge is 0.339 e. The number of nitrogens with zero attached hydrogens (tertiary/aromatic N) is 2. The van der Waals surface area contributed by atoms with Crippen LogP contribution in [0.3, 0.4) is 0 Å². The summed E-state index contributed by atoms with van der Waals surface area (Å²) in [5.41, 5.74) is -1.17. The lowest BCUT2D eigenvalue weighted by atomic mass is 10.1. The average molecular weight is 269 g/mol. The monoisotopic (exact) mass is 269 g/mol. The fourth-order valence-electron chi connectivity index (χ4n) is 1.53. The number of nitro groups is 1.